The number of aryl methyl sites for hydroxylation is 2. The van der Waals surface area contributed by atoms with E-state index in [1.165, 1.54) is 16.7 Å². The molecule has 0 saturated carbocycles. The highest BCUT2D eigenvalue weighted by Crippen LogP contribution is 2.41. The molecule has 142 valence electrons. The van der Waals surface area contributed by atoms with Crippen LogP contribution in [0.4, 0.5) is 19.1 Å². The number of benzene rings is 2. The van der Waals surface area contributed by atoms with Crippen molar-refractivity contribution in [3.05, 3.63) is 53.6 Å². The third-order valence-electron chi connectivity index (χ3n) is 4.67. The van der Waals surface area contributed by atoms with Crippen LogP contribution in [0.2, 0.25) is 0 Å². The Balaban J connectivity index is 1.93. The minimum Gasteiger partial charge on any atom is -0.307 e. The van der Waals surface area contributed by atoms with Crippen LogP contribution in [0.1, 0.15) is 11.1 Å². The van der Waals surface area contributed by atoms with E-state index in [0.717, 1.165) is 11.1 Å². The highest BCUT2D eigenvalue weighted by atomic mass is 32.2. The van der Waals surface area contributed by atoms with E-state index in [1.807, 2.05) is 6.92 Å². The minimum atomic E-state index is -4.73. The highest BCUT2D eigenvalue weighted by molar-refractivity contribution is 7.92. The lowest BCUT2D eigenvalue weighted by molar-refractivity contribution is -0.145. The van der Waals surface area contributed by atoms with Gasteiger partial charge in [0.25, 0.3) is 10.0 Å². The van der Waals surface area contributed by atoms with Gasteiger partial charge in [-0.25, -0.2) is 17.7 Å². The largest absolute Gasteiger partial charge is 0.411 e. The molecule has 2 heterocycles. The van der Waals surface area contributed by atoms with Gasteiger partial charge in [-0.05, 0) is 43.7 Å². The molecule has 9 heteroatoms. The number of sulfonamides is 1. The van der Waals surface area contributed by atoms with Crippen molar-refractivity contribution < 1.29 is 21.6 Å². The van der Waals surface area contributed by atoms with Gasteiger partial charge in [-0.1, -0.05) is 23.8 Å². The molecule has 27 heavy (non-hydrogen) atoms. The number of fused-ring (bicyclic) bond motifs is 3. The van der Waals surface area contributed by atoms with Gasteiger partial charge in [-0.15, -0.1) is 0 Å². The fourth-order valence-corrected chi connectivity index (χ4v) is 4.88. The molecular weight excluding hydrogens is 379 g/mol. The van der Waals surface area contributed by atoms with Gasteiger partial charge in [-0.3, -0.25) is 0 Å². The summed E-state index contributed by atoms with van der Waals surface area (Å²) in [5, 5.41) is 0. The Morgan fingerprint density at radius 3 is 2.30 bits per heavy atom. The second kappa shape index (κ2) is 5.72. The average molecular weight is 395 g/mol. The monoisotopic (exact) mass is 395 g/mol. The molecule has 0 amide bonds. The predicted molar refractivity (Wildman–Crippen MR) is 95.2 cm³/mol. The van der Waals surface area contributed by atoms with Crippen molar-refractivity contribution in [2.45, 2.75) is 37.5 Å². The number of hydrogen-bond donors (Lipinski definition) is 0. The van der Waals surface area contributed by atoms with Crippen molar-refractivity contribution in [1.29, 1.82) is 0 Å². The van der Waals surface area contributed by atoms with Crippen LogP contribution in [-0.2, 0) is 16.6 Å². The molecule has 0 radical (unpaired) electrons. The molecule has 1 unspecified atom stereocenters. The first-order valence-electron chi connectivity index (χ1n) is 8.24. The summed E-state index contributed by atoms with van der Waals surface area (Å²) in [5.74, 6) is -0.210. The zero-order valence-corrected chi connectivity index (χ0v) is 15.3. The van der Waals surface area contributed by atoms with Gasteiger partial charge in [0.05, 0.1) is 22.5 Å². The Morgan fingerprint density at radius 2 is 1.67 bits per heavy atom. The molecule has 5 nitrogen and oxygen atoms in total. The molecule has 2 aromatic carbocycles. The topological polar surface area (TPSA) is 55.2 Å². The normalized spacial score (nSPS) is 17.5. The second-order valence-corrected chi connectivity index (χ2v) is 8.50. The summed E-state index contributed by atoms with van der Waals surface area (Å²) >= 11 is 0. The summed E-state index contributed by atoms with van der Waals surface area (Å²) in [5.41, 5.74) is 2.64. The van der Waals surface area contributed by atoms with Crippen molar-refractivity contribution in [2.75, 3.05) is 4.31 Å². The first-order chi connectivity index (χ1) is 12.6. The Labute approximate surface area is 154 Å². The Bertz CT molecular complexity index is 1140. The minimum absolute atomic E-state index is 0.195. The summed E-state index contributed by atoms with van der Waals surface area (Å²) < 4.78 is 68.9. The van der Waals surface area contributed by atoms with E-state index in [0.29, 0.717) is 15.3 Å². The van der Waals surface area contributed by atoms with Gasteiger partial charge >= 0.3 is 6.18 Å². The van der Waals surface area contributed by atoms with Crippen molar-refractivity contribution in [1.82, 2.24) is 9.55 Å². The molecule has 0 bridgehead atoms. The van der Waals surface area contributed by atoms with Crippen LogP contribution < -0.4 is 4.31 Å². The molecule has 0 fully saturated rings. The van der Waals surface area contributed by atoms with E-state index >= 15 is 0 Å². The van der Waals surface area contributed by atoms with E-state index in [9.17, 15) is 21.6 Å². The number of imidazole rings is 1. The number of aromatic nitrogens is 2. The third kappa shape index (κ3) is 2.77. The van der Waals surface area contributed by atoms with Crippen molar-refractivity contribution in [3.8, 4) is 0 Å². The SMILES string of the molecule is Cc1ccc(S(=O)(=O)N2c3nc4cc(C)ccc4n3CC2C(F)(F)F)cc1. The third-order valence-corrected chi connectivity index (χ3v) is 6.48. The Hall–Kier alpha value is -2.55. The average Bonchev–Trinajstić information content (AvgIpc) is 3.10. The van der Waals surface area contributed by atoms with Crippen LogP contribution >= 0.6 is 0 Å². The van der Waals surface area contributed by atoms with E-state index in [1.54, 1.807) is 37.3 Å². The fraction of sp³-hybridized carbons (Fsp3) is 0.278. The summed E-state index contributed by atoms with van der Waals surface area (Å²) in [6, 6.07) is 8.68. The lowest BCUT2D eigenvalue weighted by Gasteiger charge is -2.26. The molecule has 4 rings (SSSR count). The van der Waals surface area contributed by atoms with Crippen LogP contribution in [0.25, 0.3) is 11.0 Å². The first-order valence-corrected chi connectivity index (χ1v) is 9.68. The van der Waals surface area contributed by atoms with Gasteiger partial charge < -0.3 is 4.57 Å². The lowest BCUT2D eigenvalue weighted by Crippen LogP contribution is -2.47. The molecule has 1 atom stereocenters. The zero-order valence-electron chi connectivity index (χ0n) is 14.5. The maximum Gasteiger partial charge on any atom is 0.411 e. The van der Waals surface area contributed by atoms with Crippen LogP contribution in [-0.4, -0.2) is 30.2 Å². The summed E-state index contributed by atoms with van der Waals surface area (Å²) in [6.07, 6.45) is -4.73. The fourth-order valence-electron chi connectivity index (χ4n) is 3.30. The van der Waals surface area contributed by atoms with Crippen molar-refractivity contribution >= 4 is 27.0 Å². The van der Waals surface area contributed by atoms with Gasteiger partial charge in [0, 0.05) is 0 Å². The van der Waals surface area contributed by atoms with Crippen molar-refractivity contribution in [3.63, 3.8) is 0 Å². The molecule has 1 aliphatic rings. The molecule has 1 aliphatic heterocycles. The number of nitrogens with zero attached hydrogens (tertiary/aromatic N) is 3. The van der Waals surface area contributed by atoms with Crippen LogP contribution in [0.3, 0.4) is 0 Å². The second-order valence-electron chi connectivity index (χ2n) is 6.69. The van der Waals surface area contributed by atoms with E-state index in [-0.39, 0.29) is 10.8 Å². The van der Waals surface area contributed by atoms with Crippen LogP contribution in [0, 0.1) is 13.8 Å². The number of rotatable bonds is 2. The van der Waals surface area contributed by atoms with Gasteiger partial charge in [0.15, 0.2) is 6.04 Å². The van der Waals surface area contributed by atoms with Gasteiger partial charge in [0.2, 0.25) is 5.95 Å². The summed E-state index contributed by atoms with van der Waals surface area (Å²) in [4.78, 5) is 4.02. The highest BCUT2D eigenvalue weighted by Gasteiger charge is 2.54. The summed E-state index contributed by atoms with van der Waals surface area (Å²) in [6.45, 7) is 3.08. The number of halogens is 3. The first kappa shape index (κ1) is 17.8. The number of hydrogen-bond acceptors (Lipinski definition) is 3. The van der Waals surface area contributed by atoms with Gasteiger partial charge in [-0.2, -0.15) is 13.2 Å². The molecule has 3 aromatic rings. The van der Waals surface area contributed by atoms with Gasteiger partial charge in [0.1, 0.15) is 0 Å². The molecule has 0 aliphatic carbocycles. The number of alkyl halides is 3. The number of anilines is 1. The van der Waals surface area contributed by atoms with E-state index in [4.69, 9.17) is 0 Å². The molecular formula is C18H16F3N3O2S. The molecule has 0 spiro atoms. The maximum atomic E-state index is 13.7. The Kier molecular flexibility index (Phi) is 3.78. The summed E-state index contributed by atoms with van der Waals surface area (Å²) in [7, 11) is -4.43. The van der Waals surface area contributed by atoms with Crippen molar-refractivity contribution in [2.24, 2.45) is 0 Å². The molecule has 0 saturated heterocycles. The van der Waals surface area contributed by atoms with E-state index in [2.05, 4.69) is 4.98 Å². The van der Waals surface area contributed by atoms with E-state index < -0.39 is 28.8 Å². The lowest BCUT2D eigenvalue weighted by atomic mass is 10.2. The standard InChI is InChI=1S/C18H16F3N3O2S/c1-11-3-6-13(7-4-11)27(25,26)24-16(18(19,20)21)10-23-15-8-5-12(2)9-14(15)22-17(23)24/h3-9,16H,10H2,1-2H3. The predicted octanol–water partition coefficient (Wildman–Crippen LogP) is 3.79. The van der Waals surface area contributed by atoms with Crippen LogP contribution in [0.5, 0.6) is 0 Å². The maximum absolute atomic E-state index is 13.7. The quantitative estimate of drug-likeness (QED) is 0.663. The molecule has 1 aromatic heterocycles. The molecule has 0 N–H and O–H groups in total. The smallest absolute Gasteiger partial charge is 0.307 e. The Morgan fingerprint density at radius 1 is 1.04 bits per heavy atom. The van der Waals surface area contributed by atoms with Crippen LogP contribution in [0.15, 0.2) is 47.4 Å². The zero-order chi connectivity index (χ0) is 19.6.